The van der Waals surface area contributed by atoms with Crippen molar-refractivity contribution in [3.63, 3.8) is 0 Å². The second kappa shape index (κ2) is 7.23. The molecule has 0 aliphatic rings. The fraction of sp³-hybridized carbons (Fsp3) is 0.286. The van der Waals surface area contributed by atoms with Crippen LogP contribution in [0.3, 0.4) is 0 Å². The minimum absolute atomic E-state index is 0.129. The van der Waals surface area contributed by atoms with Gasteiger partial charge in [-0.15, -0.1) is 0 Å². The highest BCUT2D eigenvalue weighted by atomic mass is 35.5. The number of aromatic nitrogens is 2. The number of benzene rings is 1. The van der Waals surface area contributed by atoms with Crippen molar-refractivity contribution < 1.29 is 17.9 Å². The van der Waals surface area contributed by atoms with E-state index in [1.54, 1.807) is 6.07 Å². The third kappa shape index (κ3) is 4.62. The summed E-state index contributed by atoms with van der Waals surface area (Å²) in [5.41, 5.74) is -0.367. The zero-order valence-corrected chi connectivity index (χ0v) is 13.4. The number of ether oxygens (including phenoxy) is 1. The van der Waals surface area contributed by atoms with Crippen LogP contribution in [0.1, 0.15) is 11.1 Å². The Labute approximate surface area is 140 Å². The molecule has 0 aliphatic carbocycles. The number of hydrogen-bond acceptors (Lipinski definition) is 4. The van der Waals surface area contributed by atoms with Crippen LogP contribution in [0.2, 0.25) is 10.2 Å². The van der Waals surface area contributed by atoms with Gasteiger partial charge in [0.25, 0.3) is 0 Å². The molecule has 0 atom stereocenters. The molecule has 124 valence electrons. The van der Waals surface area contributed by atoms with Crippen LogP contribution in [0.5, 0.6) is 5.75 Å². The summed E-state index contributed by atoms with van der Waals surface area (Å²) in [6, 6.07) is 3.70. The molecule has 0 unspecified atom stereocenters. The average Bonchev–Trinajstić information content (AvgIpc) is 2.46. The molecule has 0 saturated heterocycles. The van der Waals surface area contributed by atoms with Gasteiger partial charge >= 0.3 is 6.18 Å². The normalized spacial score (nSPS) is 11.4. The summed E-state index contributed by atoms with van der Waals surface area (Å²) in [6.07, 6.45) is -2.83. The third-order valence-corrected chi connectivity index (χ3v) is 3.53. The van der Waals surface area contributed by atoms with Crippen molar-refractivity contribution in [3.05, 3.63) is 45.8 Å². The number of nitrogens with one attached hydrogen (secondary N) is 1. The van der Waals surface area contributed by atoms with Crippen LogP contribution in [-0.4, -0.2) is 23.6 Å². The minimum Gasteiger partial charge on any atom is -0.496 e. The van der Waals surface area contributed by atoms with Crippen molar-refractivity contribution in [2.45, 2.75) is 12.6 Å². The quantitative estimate of drug-likeness (QED) is 0.794. The maximum absolute atomic E-state index is 12.8. The van der Waals surface area contributed by atoms with Crippen molar-refractivity contribution >= 4 is 29.0 Å². The van der Waals surface area contributed by atoms with E-state index in [1.807, 2.05) is 0 Å². The molecule has 9 heteroatoms. The van der Waals surface area contributed by atoms with Gasteiger partial charge in [0.1, 0.15) is 23.0 Å². The zero-order valence-electron chi connectivity index (χ0n) is 11.9. The molecule has 0 bridgehead atoms. The SMILES string of the molecule is COc1cc(C(F)(F)F)c(Cl)cc1CCNc1cc(Cl)ncn1. The first-order chi connectivity index (χ1) is 10.8. The number of hydrogen-bond donors (Lipinski definition) is 1. The number of anilines is 1. The molecule has 0 saturated carbocycles. The fourth-order valence-corrected chi connectivity index (χ4v) is 2.39. The Kier molecular flexibility index (Phi) is 5.54. The lowest BCUT2D eigenvalue weighted by Crippen LogP contribution is -2.10. The molecule has 2 aromatic rings. The first-order valence-corrected chi connectivity index (χ1v) is 7.22. The third-order valence-electron chi connectivity index (χ3n) is 3.01. The first-order valence-electron chi connectivity index (χ1n) is 6.46. The van der Waals surface area contributed by atoms with E-state index in [-0.39, 0.29) is 15.9 Å². The van der Waals surface area contributed by atoms with Gasteiger partial charge in [0, 0.05) is 12.6 Å². The number of nitrogens with zero attached hydrogens (tertiary/aromatic N) is 2. The van der Waals surface area contributed by atoms with E-state index < -0.39 is 11.7 Å². The largest absolute Gasteiger partial charge is 0.496 e. The molecule has 1 N–H and O–H groups in total. The fourth-order valence-electron chi connectivity index (χ4n) is 1.95. The molecule has 1 aromatic carbocycles. The molecule has 0 radical (unpaired) electrons. The van der Waals surface area contributed by atoms with Crippen molar-refractivity contribution in [2.75, 3.05) is 19.0 Å². The van der Waals surface area contributed by atoms with Crippen molar-refractivity contribution in [2.24, 2.45) is 0 Å². The lowest BCUT2D eigenvalue weighted by atomic mass is 10.1. The zero-order chi connectivity index (χ0) is 17.0. The molecular weight excluding hydrogens is 354 g/mol. The predicted octanol–water partition coefficient (Wildman–Crippen LogP) is 4.47. The van der Waals surface area contributed by atoms with Gasteiger partial charge in [0.05, 0.1) is 17.7 Å². The second-order valence-corrected chi connectivity index (χ2v) is 5.34. The monoisotopic (exact) mass is 365 g/mol. The van der Waals surface area contributed by atoms with E-state index in [2.05, 4.69) is 15.3 Å². The van der Waals surface area contributed by atoms with E-state index in [9.17, 15) is 13.2 Å². The van der Waals surface area contributed by atoms with Crippen LogP contribution in [0.4, 0.5) is 19.0 Å². The van der Waals surface area contributed by atoms with Crippen LogP contribution >= 0.6 is 23.2 Å². The van der Waals surface area contributed by atoms with Crippen molar-refractivity contribution in [3.8, 4) is 5.75 Å². The van der Waals surface area contributed by atoms with E-state index >= 15 is 0 Å². The number of methoxy groups -OCH3 is 1. The standard InChI is InChI=1S/C14H12Cl2F3N3O/c1-23-11-5-9(14(17,18)19)10(15)4-8(11)2-3-20-13-6-12(16)21-7-22-13/h4-7H,2-3H2,1H3,(H,20,21,22). The molecule has 1 aromatic heterocycles. The van der Waals surface area contributed by atoms with Crippen LogP contribution in [-0.2, 0) is 12.6 Å². The van der Waals surface area contributed by atoms with Crippen LogP contribution in [0.15, 0.2) is 24.5 Å². The summed E-state index contributed by atoms with van der Waals surface area (Å²) >= 11 is 11.5. The highest BCUT2D eigenvalue weighted by Crippen LogP contribution is 2.38. The van der Waals surface area contributed by atoms with Gasteiger partial charge in [-0.1, -0.05) is 23.2 Å². The molecular formula is C14H12Cl2F3N3O. The highest BCUT2D eigenvalue weighted by Gasteiger charge is 2.34. The van der Waals surface area contributed by atoms with E-state index in [0.717, 1.165) is 6.07 Å². The molecule has 1 heterocycles. The summed E-state index contributed by atoms with van der Waals surface area (Å²) in [4.78, 5) is 7.71. The average molecular weight is 366 g/mol. The molecule has 0 amide bonds. The summed E-state index contributed by atoms with van der Waals surface area (Å²) in [7, 11) is 1.31. The van der Waals surface area contributed by atoms with Gasteiger partial charge in [0.15, 0.2) is 0 Å². The molecule has 0 aliphatic heterocycles. The first kappa shape index (κ1) is 17.6. The molecule has 23 heavy (non-hydrogen) atoms. The molecule has 2 rings (SSSR count). The summed E-state index contributed by atoms with van der Waals surface area (Å²) in [6.45, 7) is 0.408. The van der Waals surface area contributed by atoms with Crippen LogP contribution in [0, 0.1) is 0 Å². The number of halogens is 5. The van der Waals surface area contributed by atoms with E-state index in [1.165, 1.54) is 19.5 Å². The Hall–Kier alpha value is -1.73. The summed E-state index contributed by atoms with van der Waals surface area (Å²) in [5, 5.41) is 2.92. The Morgan fingerprint density at radius 3 is 2.52 bits per heavy atom. The van der Waals surface area contributed by atoms with Gasteiger partial charge < -0.3 is 10.1 Å². The number of rotatable bonds is 5. The second-order valence-electron chi connectivity index (χ2n) is 4.54. The van der Waals surface area contributed by atoms with Gasteiger partial charge in [-0.3, -0.25) is 0 Å². The Balaban J connectivity index is 2.12. The van der Waals surface area contributed by atoms with Gasteiger partial charge in [-0.2, -0.15) is 13.2 Å². The summed E-state index contributed by atoms with van der Waals surface area (Å²) < 4.78 is 43.5. The topological polar surface area (TPSA) is 47.0 Å². The van der Waals surface area contributed by atoms with Crippen LogP contribution < -0.4 is 10.1 Å². The van der Waals surface area contributed by atoms with Crippen molar-refractivity contribution in [1.82, 2.24) is 9.97 Å². The van der Waals surface area contributed by atoms with Gasteiger partial charge in [0.2, 0.25) is 0 Å². The lowest BCUT2D eigenvalue weighted by molar-refractivity contribution is -0.137. The predicted molar refractivity (Wildman–Crippen MR) is 82.2 cm³/mol. The summed E-state index contributed by atoms with van der Waals surface area (Å²) in [5.74, 6) is 0.645. The molecule has 0 spiro atoms. The smallest absolute Gasteiger partial charge is 0.417 e. The Morgan fingerprint density at radius 1 is 1.17 bits per heavy atom. The van der Waals surface area contributed by atoms with Crippen LogP contribution in [0.25, 0.3) is 0 Å². The van der Waals surface area contributed by atoms with E-state index in [4.69, 9.17) is 27.9 Å². The van der Waals surface area contributed by atoms with Crippen molar-refractivity contribution in [1.29, 1.82) is 0 Å². The van der Waals surface area contributed by atoms with Gasteiger partial charge in [-0.05, 0) is 24.1 Å². The van der Waals surface area contributed by atoms with E-state index in [0.29, 0.717) is 24.3 Å². The maximum Gasteiger partial charge on any atom is 0.417 e. The number of alkyl halides is 3. The minimum atomic E-state index is -4.53. The van der Waals surface area contributed by atoms with Gasteiger partial charge in [-0.25, -0.2) is 9.97 Å². The molecule has 4 nitrogen and oxygen atoms in total. The Bertz CT molecular complexity index is 695. The highest BCUT2D eigenvalue weighted by molar-refractivity contribution is 6.31. The lowest BCUT2D eigenvalue weighted by Gasteiger charge is -2.15. The Morgan fingerprint density at radius 2 is 1.91 bits per heavy atom. The molecule has 0 fully saturated rings. The maximum atomic E-state index is 12.8.